The number of carbonyl (C=O) groups excluding carboxylic acids is 12. The van der Waals surface area contributed by atoms with Crippen LogP contribution in [0.25, 0.3) is 0 Å². The zero-order valence-corrected chi connectivity index (χ0v) is 80.3. The first-order valence-corrected chi connectivity index (χ1v) is 50.3. The highest BCUT2D eigenvalue weighted by atomic mass is 33.1. The molecular formula is C91H164N6O19S4. The summed E-state index contributed by atoms with van der Waals surface area (Å²) in [5.41, 5.74) is -2.70. The lowest BCUT2D eigenvalue weighted by molar-refractivity contribution is -0.166. The van der Waals surface area contributed by atoms with Crippen LogP contribution in [0.15, 0.2) is 24.3 Å². The van der Waals surface area contributed by atoms with Gasteiger partial charge in [-0.2, -0.15) is 0 Å². The van der Waals surface area contributed by atoms with Crippen LogP contribution in [-0.2, 0) is 76.3 Å². The molecule has 0 aliphatic rings. The van der Waals surface area contributed by atoms with Crippen molar-refractivity contribution in [3.8, 4) is 0 Å². The summed E-state index contributed by atoms with van der Waals surface area (Å²) in [5.74, 6) is 0.0330. The molecule has 6 N–H and O–H groups in total. The molecule has 0 aromatic heterocycles. The van der Waals surface area contributed by atoms with Gasteiger partial charge in [0.15, 0.2) is 17.7 Å². The second-order valence-corrected chi connectivity index (χ2v) is 39.8. The van der Waals surface area contributed by atoms with E-state index in [1.54, 1.807) is 129 Å². The summed E-state index contributed by atoms with van der Waals surface area (Å²) in [7, 11) is 6.19. The van der Waals surface area contributed by atoms with Crippen LogP contribution < -0.4 is 31.9 Å². The van der Waals surface area contributed by atoms with Crippen molar-refractivity contribution in [1.29, 1.82) is 0 Å². The van der Waals surface area contributed by atoms with Crippen molar-refractivity contribution in [2.75, 3.05) is 55.9 Å². The molecule has 120 heavy (non-hydrogen) atoms. The maximum absolute atomic E-state index is 13.2. The van der Waals surface area contributed by atoms with Gasteiger partial charge in [0.1, 0.15) is 41.7 Å². The number of carbonyl (C=O) groups is 12. The number of alkyl carbamates (subject to hydrolysis) is 3. The number of unbranched alkanes of at least 4 members (excludes halogenated alkanes) is 23. The van der Waals surface area contributed by atoms with Crippen LogP contribution in [0.2, 0.25) is 0 Å². The number of amides is 6. The lowest BCUT2D eigenvalue weighted by Crippen LogP contribution is -2.48. The zero-order valence-electron chi connectivity index (χ0n) is 77.1. The third-order valence-corrected chi connectivity index (χ3v) is 22.9. The average Bonchev–Trinajstić information content (AvgIpc) is 0.910. The van der Waals surface area contributed by atoms with Crippen molar-refractivity contribution in [2.24, 2.45) is 0 Å². The van der Waals surface area contributed by atoms with E-state index >= 15 is 0 Å². The summed E-state index contributed by atoms with van der Waals surface area (Å²) in [6, 6.07) is -2.40. The molecule has 0 spiro atoms. The van der Waals surface area contributed by atoms with Crippen molar-refractivity contribution in [1.82, 2.24) is 31.9 Å². The third-order valence-electron chi connectivity index (χ3n) is 17.9. The zero-order chi connectivity index (χ0) is 90.1. The van der Waals surface area contributed by atoms with E-state index in [-0.39, 0.29) is 124 Å². The highest BCUT2D eigenvalue weighted by Crippen LogP contribution is 2.25. The summed E-state index contributed by atoms with van der Waals surface area (Å²) in [5, 5.41) is 16.4. The maximum Gasteiger partial charge on any atom is 0.408 e. The van der Waals surface area contributed by atoms with Gasteiger partial charge in [-0.15, -0.1) is 0 Å². The Balaban J connectivity index is 0. The summed E-state index contributed by atoms with van der Waals surface area (Å²) in [6.07, 6.45) is 43.1. The highest BCUT2D eigenvalue weighted by Gasteiger charge is 2.28. The molecule has 3 unspecified atom stereocenters. The first-order chi connectivity index (χ1) is 56.9. The predicted molar refractivity (Wildman–Crippen MR) is 491 cm³/mol. The molecule has 0 heterocycles. The molecule has 0 aromatic carbocycles. The van der Waals surface area contributed by atoms with Crippen LogP contribution in [0.1, 0.15) is 380 Å². The van der Waals surface area contributed by atoms with Gasteiger partial charge < -0.3 is 65.1 Å². The molecule has 29 heteroatoms. The number of allylic oxidation sites excluding steroid dienone is 4. The fourth-order valence-corrected chi connectivity index (χ4v) is 15.6. The van der Waals surface area contributed by atoms with Gasteiger partial charge in [-0.25, -0.2) is 14.4 Å². The van der Waals surface area contributed by atoms with Gasteiger partial charge in [0, 0.05) is 94.0 Å². The molecule has 0 saturated carbocycles. The normalized spacial score (nSPS) is 12.7. The topological polar surface area (TPSA) is 342 Å². The Morgan fingerprint density at radius 1 is 0.308 bits per heavy atom. The monoisotopic (exact) mass is 1770 g/mol. The van der Waals surface area contributed by atoms with E-state index in [2.05, 4.69) is 70.1 Å². The number of hydrogen-bond donors (Lipinski definition) is 6. The average molecular weight is 1770 g/mol. The van der Waals surface area contributed by atoms with Crippen molar-refractivity contribution in [3.05, 3.63) is 24.3 Å². The van der Waals surface area contributed by atoms with Crippen LogP contribution in [0.3, 0.4) is 0 Å². The lowest BCUT2D eigenvalue weighted by atomic mass is 10.0. The largest absolute Gasteiger partial charge is 0.462 e. The molecule has 0 aliphatic carbocycles. The SMILES string of the molecule is CCC(=O)NC(CCC(=O)NCCSSCCCC(=O)C(CCCCC(=O)OC(C)(C)C)NC(=O)OC(C)(C)C)C(=O)CCCSSCCNC(=O)C(CCCNC(=O)OC(C)(C)C)NC(=O)OC(C)(C)C.CCCCCCCC/C=C\CCCCCCCC(=O)OC[C@@H](COC(=O)CC)OC(=O)CCCCCCC/C=C\CCCCCCCC. The molecule has 0 aliphatic heterocycles. The van der Waals surface area contributed by atoms with E-state index in [4.69, 9.17) is 33.2 Å². The minimum Gasteiger partial charge on any atom is -0.462 e. The first kappa shape index (κ1) is 116. The van der Waals surface area contributed by atoms with Crippen LogP contribution in [0.5, 0.6) is 0 Å². The smallest absolute Gasteiger partial charge is 0.408 e. The van der Waals surface area contributed by atoms with E-state index in [0.29, 0.717) is 87.5 Å². The molecule has 4 atom stereocenters. The van der Waals surface area contributed by atoms with Gasteiger partial charge in [-0.05, 0) is 192 Å². The van der Waals surface area contributed by atoms with Gasteiger partial charge in [-0.3, -0.25) is 43.2 Å². The number of rotatable bonds is 71. The van der Waals surface area contributed by atoms with Gasteiger partial charge in [-0.1, -0.05) is 204 Å². The fraction of sp³-hybridized carbons (Fsp3) is 0.824. The molecule has 25 nitrogen and oxygen atoms in total. The fourth-order valence-electron chi connectivity index (χ4n) is 11.6. The standard InChI is InChI=1S/C49H88N6O13S4.C42H76O6/c1-14-39(58)53-35(38(57)23-19-31-70-72-33-29-51-42(61)36(55-45(64)68-49(11,12)13)21-17-27-52-43(62)66-47(5,6)7)25-26-40(59)50-28-32-71-69-30-18-22-37(56)34(54-44(63)67-48(8,9)10)20-15-16-24-41(60)65-46(2,3)4;1-4-7-9-11-13-15-17-19-21-23-25-27-29-31-33-35-41(44)47-38-39(37-46-40(43)6-3)48-42(45)36-34-32-30-28-26-24-22-20-18-16-14-12-10-8-5-2/h34-36H,14-33H2,1-13H3,(H,50,59)(H,51,61)(H,52,62)(H,53,58)(H,54,63)(H,55,64);19-22,39H,4-18,23-38H2,1-3H3/b;21-19-,22-20-/t;39-/m.1/s1. The van der Waals surface area contributed by atoms with Gasteiger partial charge >= 0.3 is 42.2 Å². The molecule has 696 valence electrons. The molecule has 6 amide bonds. The molecule has 0 bridgehead atoms. The number of ether oxygens (including phenoxy) is 7. The third kappa shape index (κ3) is 80.7. The van der Waals surface area contributed by atoms with Crippen molar-refractivity contribution >= 4 is 115 Å². The summed E-state index contributed by atoms with van der Waals surface area (Å²) in [4.78, 5) is 150. The Kier molecular flexibility index (Phi) is 72.5. The van der Waals surface area contributed by atoms with E-state index < -0.39 is 64.9 Å². The Morgan fingerprint density at radius 2 is 0.692 bits per heavy atom. The highest BCUT2D eigenvalue weighted by molar-refractivity contribution is 8.77. The van der Waals surface area contributed by atoms with Gasteiger partial charge in [0.25, 0.3) is 0 Å². The van der Waals surface area contributed by atoms with Crippen molar-refractivity contribution in [3.63, 3.8) is 0 Å². The van der Waals surface area contributed by atoms with Crippen molar-refractivity contribution in [2.45, 2.75) is 427 Å². The van der Waals surface area contributed by atoms with Gasteiger partial charge in [0.2, 0.25) is 17.7 Å². The van der Waals surface area contributed by atoms with Crippen LogP contribution in [0.4, 0.5) is 14.4 Å². The van der Waals surface area contributed by atoms with Crippen LogP contribution >= 0.6 is 43.2 Å². The second kappa shape index (κ2) is 74.7. The van der Waals surface area contributed by atoms with E-state index in [1.165, 1.54) is 126 Å². The van der Waals surface area contributed by atoms with Crippen LogP contribution in [0, 0.1) is 0 Å². The number of Topliss-reactive ketones (excluding diaryl/α,β-unsaturated/α-hetero) is 2. The quantitative estimate of drug-likeness (QED) is 0.0108. The summed E-state index contributed by atoms with van der Waals surface area (Å²) < 4.78 is 37.4. The number of esters is 4. The number of nitrogens with one attached hydrogen (secondary N) is 6. The second-order valence-electron chi connectivity index (χ2n) is 34.4. The molecule has 0 rings (SSSR count). The Hall–Kier alpha value is -5.68. The number of ketones is 2. The molecule has 0 saturated heterocycles. The lowest BCUT2D eigenvalue weighted by Gasteiger charge is -2.23. The Morgan fingerprint density at radius 3 is 1.15 bits per heavy atom. The van der Waals surface area contributed by atoms with Gasteiger partial charge in [0.05, 0.1) is 12.1 Å². The molecule has 0 fully saturated rings. The summed E-state index contributed by atoms with van der Waals surface area (Å²) >= 11 is 0. The van der Waals surface area contributed by atoms with E-state index in [1.807, 2.05) is 0 Å². The van der Waals surface area contributed by atoms with Crippen molar-refractivity contribution < 1.29 is 90.7 Å². The molecule has 0 aromatic rings. The summed E-state index contributed by atoms with van der Waals surface area (Å²) in [6.45, 7) is 29.8. The van der Waals surface area contributed by atoms with E-state index in [9.17, 15) is 57.5 Å². The number of hydrogen-bond acceptors (Lipinski definition) is 23. The maximum atomic E-state index is 13.2. The van der Waals surface area contributed by atoms with Crippen LogP contribution in [-0.4, -0.2) is 174 Å². The Labute approximate surface area is 740 Å². The van der Waals surface area contributed by atoms with E-state index in [0.717, 1.165) is 51.4 Å². The minimum atomic E-state index is -0.886. The predicted octanol–water partition coefficient (Wildman–Crippen LogP) is 20.8. The Bertz CT molecular complexity index is 2840. The first-order valence-electron chi connectivity index (χ1n) is 45.3. The molecule has 0 radical (unpaired) electrons. The minimum absolute atomic E-state index is 0.0628. The molecular weight excluding hydrogens is 1610 g/mol.